The second-order valence-corrected chi connectivity index (χ2v) is 7.39. The Morgan fingerprint density at radius 3 is 2.46 bits per heavy atom. The Bertz CT molecular complexity index is 760. The van der Waals surface area contributed by atoms with Crippen LogP contribution in [0.25, 0.3) is 0 Å². The minimum Gasteiger partial charge on any atom is -0.481 e. The molecule has 1 aromatic rings. The van der Waals surface area contributed by atoms with Gasteiger partial charge >= 0.3 is 12.0 Å². The van der Waals surface area contributed by atoms with Crippen LogP contribution in [0.5, 0.6) is 0 Å². The lowest BCUT2D eigenvalue weighted by Gasteiger charge is -2.27. The van der Waals surface area contributed by atoms with E-state index in [0.717, 1.165) is 37.0 Å². The average molecular weight is 387 g/mol. The number of amides is 4. The summed E-state index contributed by atoms with van der Waals surface area (Å²) in [6.07, 6.45) is 4.70. The van der Waals surface area contributed by atoms with Gasteiger partial charge in [0, 0.05) is 12.5 Å². The third kappa shape index (κ3) is 4.16. The summed E-state index contributed by atoms with van der Waals surface area (Å²) in [5.74, 6) is -2.04. The SMILES string of the molecule is O=C(O)CC[C@@]1(c2ccccc2)NC(=O)N(CC(=O)NC2CCCCC2)C1=O. The van der Waals surface area contributed by atoms with Crippen molar-refractivity contribution >= 4 is 23.8 Å². The zero-order chi connectivity index (χ0) is 20.1. The molecule has 8 heteroatoms. The fourth-order valence-electron chi connectivity index (χ4n) is 3.96. The number of benzene rings is 1. The van der Waals surface area contributed by atoms with E-state index in [1.165, 1.54) is 0 Å². The molecule has 3 N–H and O–H groups in total. The van der Waals surface area contributed by atoms with Crippen molar-refractivity contribution in [3.63, 3.8) is 0 Å². The number of hydrogen-bond donors (Lipinski definition) is 3. The van der Waals surface area contributed by atoms with E-state index < -0.39 is 23.4 Å². The quantitative estimate of drug-likeness (QED) is 0.617. The Morgan fingerprint density at radius 2 is 1.82 bits per heavy atom. The molecule has 1 saturated carbocycles. The molecule has 150 valence electrons. The Hall–Kier alpha value is -2.90. The summed E-state index contributed by atoms with van der Waals surface area (Å²) in [4.78, 5) is 50.0. The zero-order valence-electron chi connectivity index (χ0n) is 15.6. The highest BCUT2D eigenvalue weighted by Gasteiger charge is 2.52. The third-order valence-electron chi connectivity index (χ3n) is 5.43. The van der Waals surface area contributed by atoms with Crippen LogP contribution in [-0.4, -0.2) is 46.4 Å². The zero-order valence-corrected chi connectivity index (χ0v) is 15.6. The monoisotopic (exact) mass is 387 g/mol. The van der Waals surface area contributed by atoms with Crippen LogP contribution in [0.2, 0.25) is 0 Å². The van der Waals surface area contributed by atoms with E-state index >= 15 is 0 Å². The van der Waals surface area contributed by atoms with Crippen LogP contribution in [0, 0.1) is 0 Å². The van der Waals surface area contributed by atoms with E-state index in [1.54, 1.807) is 30.3 Å². The topological polar surface area (TPSA) is 116 Å². The number of imide groups is 1. The molecule has 1 aromatic carbocycles. The molecule has 0 radical (unpaired) electrons. The number of carbonyl (C=O) groups is 4. The van der Waals surface area contributed by atoms with Gasteiger partial charge in [-0.25, -0.2) is 4.79 Å². The van der Waals surface area contributed by atoms with Gasteiger partial charge in [0.1, 0.15) is 12.1 Å². The van der Waals surface area contributed by atoms with Crippen LogP contribution in [-0.2, 0) is 19.9 Å². The maximum atomic E-state index is 13.1. The summed E-state index contributed by atoms with van der Waals surface area (Å²) in [5, 5.41) is 14.6. The third-order valence-corrected chi connectivity index (χ3v) is 5.43. The summed E-state index contributed by atoms with van der Waals surface area (Å²) in [7, 11) is 0. The molecule has 8 nitrogen and oxygen atoms in total. The molecule has 2 aliphatic rings. The second-order valence-electron chi connectivity index (χ2n) is 7.39. The van der Waals surface area contributed by atoms with Crippen molar-refractivity contribution in [1.82, 2.24) is 15.5 Å². The molecule has 28 heavy (non-hydrogen) atoms. The van der Waals surface area contributed by atoms with Crippen LogP contribution in [0.15, 0.2) is 30.3 Å². The van der Waals surface area contributed by atoms with E-state index in [2.05, 4.69) is 10.6 Å². The first-order valence-corrected chi connectivity index (χ1v) is 9.63. The fourth-order valence-corrected chi connectivity index (χ4v) is 3.96. The number of carbonyl (C=O) groups excluding carboxylic acids is 3. The van der Waals surface area contributed by atoms with Gasteiger partial charge in [-0.15, -0.1) is 0 Å². The summed E-state index contributed by atoms with van der Waals surface area (Å²) in [6, 6.07) is 7.94. The molecule has 1 saturated heterocycles. The van der Waals surface area contributed by atoms with Crippen LogP contribution in [0.4, 0.5) is 4.79 Å². The predicted octanol–water partition coefficient (Wildman–Crippen LogP) is 1.75. The largest absolute Gasteiger partial charge is 0.481 e. The average Bonchev–Trinajstić information content (AvgIpc) is 2.93. The molecule has 0 aromatic heterocycles. The van der Waals surface area contributed by atoms with Gasteiger partial charge in [0.25, 0.3) is 5.91 Å². The van der Waals surface area contributed by atoms with Gasteiger partial charge in [-0.3, -0.25) is 19.3 Å². The van der Waals surface area contributed by atoms with Crippen molar-refractivity contribution in [3.05, 3.63) is 35.9 Å². The summed E-state index contributed by atoms with van der Waals surface area (Å²) in [6.45, 7) is -0.372. The molecule has 1 aliphatic carbocycles. The molecule has 1 heterocycles. The van der Waals surface area contributed by atoms with Crippen LogP contribution < -0.4 is 10.6 Å². The summed E-state index contributed by atoms with van der Waals surface area (Å²) >= 11 is 0. The minimum atomic E-state index is -1.47. The molecule has 2 fully saturated rings. The molecule has 4 amide bonds. The molecule has 1 aliphatic heterocycles. The number of nitrogens with one attached hydrogen (secondary N) is 2. The van der Waals surface area contributed by atoms with Gasteiger partial charge in [-0.05, 0) is 24.8 Å². The van der Waals surface area contributed by atoms with Crippen molar-refractivity contribution in [2.45, 2.75) is 56.5 Å². The van der Waals surface area contributed by atoms with Crippen molar-refractivity contribution in [1.29, 1.82) is 0 Å². The number of urea groups is 1. The van der Waals surface area contributed by atoms with Crippen molar-refractivity contribution in [3.8, 4) is 0 Å². The van der Waals surface area contributed by atoms with Gasteiger partial charge in [-0.1, -0.05) is 49.6 Å². The van der Waals surface area contributed by atoms with E-state index in [1.807, 2.05) is 0 Å². The Labute approximate surface area is 163 Å². The Balaban J connectivity index is 1.76. The second kappa shape index (κ2) is 8.41. The van der Waals surface area contributed by atoms with Crippen LogP contribution in [0.1, 0.15) is 50.5 Å². The highest BCUT2D eigenvalue weighted by molar-refractivity contribution is 6.09. The maximum Gasteiger partial charge on any atom is 0.325 e. The molecular formula is C20H25N3O5. The lowest BCUT2D eigenvalue weighted by Crippen LogP contribution is -2.47. The van der Waals surface area contributed by atoms with Crippen LogP contribution >= 0.6 is 0 Å². The van der Waals surface area contributed by atoms with E-state index in [-0.39, 0.29) is 31.3 Å². The van der Waals surface area contributed by atoms with Crippen molar-refractivity contribution in [2.75, 3.05) is 6.54 Å². The number of carboxylic acids is 1. The van der Waals surface area contributed by atoms with E-state index in [4.69, 9.17) is 5.11 Å². The normalized spacial score (nSPS) is 22.8. The fraction of sp³-hybridized carbons (Fsp3) is 0.500. The highest BCUT2D eigenvalue weighted by atomic mass is 16.4. The predicted molar refractivity (Wildman–Crippen MR) is 100 cm³/mol. The lowest BCUT2D eigenvalue weighted by atomic mass is 9.85. The Morgan fingerprint density at radius 1 is 1.14 bits per heavy atom. The number of carboxylic acid groups (broad SMARTS) is 1. The van der Waals surface area contributed by atoms with Crippen molar-refractivity contribution in [2.24, 2.45) is 0 Å². The smallest absolute Gasteiger partial charge is 0.325 e. The molecule has 0 unspecified atom stereocenters. The molecule has 0 spiro atoms. The molecule has 3 rings (SSSR count). The summed E-state index contributed by atoms with van der Waals surface area (Å²) in [5.41, 5.74) is -0.966. The van der Waals surface area contributed by atoms with E-state index in [9.17, 15) is 19.2 Å². The maximum absolute atomic E-state index is 13.1. The molecule has 1 atom stereocenters. The van der Waals surface area contributed by atoms with Gasteiger partial charge in [0.2, 0.25) is 5.91 Å². The van der Waals surface area contributed by atoms with Gasteiger partial charge in [0.05, 0.1) is 0 Å². The first-order valence-electron chi connectivity index (χ1n) is 9.63. The molecule has 0 bridgehead atoms. The van der Waals surface area contributed by atoms with Crippen LogP contribution in [0.3, 0.4) is 0 Å². The highest BCUT2D eigenvalue weighted by Crippen LogP contribution is 2.33. The van der Waals surface area contributed by atoms with Gasteiger partial charge in [-0.2, -0.15) is 0 Å². The number of hydrogen-bond acceptors (Lipinski definition) is 4. The van der Waals surface area contributed by atoms with E-state index in [0.29, 0.717) is 5.56 Å². The standard InChI is InChI=1S/C20H25N3O5/c24-16(21-15-9-5-2-6-10-15)13-23-18(27)20(22-19(23)28,12-11-17(25)26)14-7-3-1-4-8-14/h1,3-4,7-8,15H,2,5-6,9-13H2,(H,21,24)(H,22,28)(H,25,26)/t20-/m0/s1. The number of aliphatic carboxylic acids is 1. The summed E-state index contributed by atoms with van der Waals surface area (Å²) < 4.78 is 0. The lowest BCUT2D eigenvalue weighted by molar-refractivity contribution is -0.139. The molecular weight excluding hydrogens is 362 g/mol. The number of nitrogens with zero attached hydrogens (tertiary/aromatic N) is 1. The van der Waals surface area contributed by atoms with Gasteiger partial charge in [0.15, 0.2) is 0 Å². The number of rotatable bonds is 7. The Kier molecular flexibility index (Phi) is 5.96. The van der Waals surface area contributed by atoms with Crippen molar-refractivity contribution < 1.29 is 24.3 Å². The van der Waals surface area contributed by atoms with Gasteiger partial charge < -0.3 is 15.7 Å². The first kappa shape index (κ1) is 19.9. The first-order chi connectivity index (χ1) is 13.4. The minimum absolute atomic E-state index is 0.0768.